The van der Waals surface area contributed by atoms with Crippen molar-refractivity contribution in [2.75, 3.05) is 0 Å². The van der Waals surface area contributed by atoms with Gasteiger partial charge in [0.1, 0.15) is 23.1 Å². The zero-order valence-electron chi connectivity index (χ0n) is 23.5. The lowest BCUT2D eigenvalue weighted by atomic mass is 9.79. The highest BCUT2D eigenvalue weighted by atomic mass is 79.9. The molecule has 218 valence electrons. The minimum atomic E-state index is -0.539. The Morgan fingerprint density at radius 1 is 0.690 bits per heavy atom. The highest BCUT2D eigenvalue weighted by Crippen LogP contribution is 2.36. The van der Waals surface area contributed by atoms with Crippen LogP contribution in [0.5, 0.6) is 11.5 Å². The van der Waals surface area contributed by atoms with Gasteiger partial charge >= 0.3 is 7.12 Å². The molecule has 1 fully saturated rings. The quantitative estimate of drug-likeness (QED) is 0.183. The highest BCUT2D eigenvalue weighted by molar-refractivity contribution is 9.10. The minimum absolute atomic E-state index is 0.0329. The van der Waals surface area contributed by atoms with E-state index in [1.54, 1.807) is 48.5 Å². The second kappa shape index (κ2) is 13.9. The van der Waals surface area contributed by atoms with Gasteiger partial charge < -0.3 is 19.5 Å². The number of benzene rings is 4. The second-order valence-electron chi connectivity index (χ2n) is 10.3. The molecule has 5 rings (SSSR count). The van der Waals surface area contributed by atoms with Crippen LogP contribution >= 0.6 is 15.9 Å². The van der Waals surface area contributed by atoms with Crippen LogP contribution < -0.4 is 5.46 Å². The van der Waals surface area contributed by atoms with Crippen LogP contribution in [-0.2, 0) is 9.31 Å². The predicted octanol–water partition coefficient (Wildman–Crippen LogP) is 7.10. The van der Waals surface area contributed by atoms with Crippen molar-refractivity contribution in [2.45, 2.75) is 38.9 Å². The highest BCUT2D eigenvalue weighted by Gasteiger charge is 2.51. The molecular weight excluding hydrogens is 609 g/mol. The van der Waals surface area contributed by atoms with Gasteiger partial charge in [0.05, 0.1) is 26.8 Å². The topological polar surface area (TPSA) is 93.1 Å². The van der Waals surface area contributed by atoms with E-state index in [-0.39, 0.29) is 40.9 Å². The van der Waals surface area contributed by atoms with Gasteiger partial charge in [0, 0.05) is 5.56 Å². The van der Waals surface area contributed by atoms with E-state index in [1.807, 2.05) is 39.8 Å². The van der Waals surface area contributed by atoms with Crippen LogP contribution in [0.15, 0.2) is 89.4 Å². The van der Waals surface area contributed by atoms with Crippen molar-refractivity contribution in [1.82, 2.24) is 0 Å². The molecule has 0 bridgehead atoms. The van der Waals surface area contributed by atoms with Crippen LogP contribution in [-0.4, -0.2) is 41.1 Å². The lowest BCUT2D eigenvalue weighted by molar-refractivity contribution is 0.00578. The SMILES string of the molecule is CC1(C)OB(c2ccc(O)cc2)OC1(C)C.O=Cc1cccc(-c2ccc(O)cc2)c1F.O=Cc1cccc(Br)c1F. The summed E-state index contributed by atoms with van der Waals surface area (Å²) in [6.07, 6.45) is 0.972. The average Bonchev–Trinajstić information content (AvgIpc) is 3.18. The number of phenolic OH excluding ortho intramolecular Hbond substituents is 2. The Balaban J connectivity index is 0.000000178. The fourth-order valence-corrected chi connectivity index (χ4v) is 4.11. The fourth-order valence-electron chi connectivity index (χ4n) is 3.73. The van der Waals surface area contributed by atoms with Gasteiger partial charge in [0.15, 0.2) is 12.6 Å². The predicted molar refractivity (Wildman–Crippen MR) is 162 cm³/mol. The van der Waals surface area contributed by atoms with Crippen molar-refractivity contribution in [3.8, 4) is 22.6 Å². The van der Waals surface area contributed by atoms with Crippen LogP contribution in [0.25, 0.3) is 11.1 Å². The summed E-state index contributed by atoms with van der Waals surface area (Å²) in [5.41, 5.74) is 1.37. The Bertz CT molecular complexity index is 1510. The van der Waals surface area contributed by atoms with Crippen LogP contribution in [0.3, 0.4) is 0 Å². The molecule has 42 heavy (non-hydrogen) atoms. The van der Waals surface area contributed by atoms with Gasteiger partial charge in [-0.25, -0.2) is 8.78 Å². The summed E-state index contributed by atoms with van der Waals surface area (Å²) in [5.74, 6) is -0.670. The number of hydrogen-bond donors (Lipinski definition) is 2. The lowest BCUT2D eigenvalue weighted by Crippen LogP contribution is -2.41. The Morgan fingerprint density at radius 2 is 1.14 bits per heavy atom. The van der Waals surface area contributed by atoms with E-state index in [1.165, 1.54) is 24.3 Å². The number of carbonyl (C=O) groups excluding carboxylic acids is 2. The third-order valence-electron chi connectivity index (χ3n) is 6.86. The molecule has 0 saturated carbocycles. The Kier molecular flexibility index (Phi) is 10.8. The molecular formula is C32H30BBrF2O6. The Labute approximate surface area is 252 Å². The molecule has 0 aromatic heterocycles. The van der Waals surface area contributed by atoms with Gasteiger partial charge in [-0.2, -0.15) is 0 Å². The molecule has 0 aliphatic carbocycles. The van der Waals surface area contributed by atoms with E-state index in [4.69, 9.17) is 14.4 Å². The van der Waals surface area contributed by atoms with Crippen molar-refractivity contribution >= 4 is 41.1 Å². The molecule has 6 nitrogen and oxygen atoms in total. The zero-order valence-corrected chi connectivity index (χ0v) is 25.1. The summed E-state index contributed by atoms with van der Waals surface area (Å²) >= 11 is 2.95. The van der Waals surface area contributed by atoms with Crippen molar-refractivity contribution in [3.05, 3.63) is 112 Å². The monoisotopic (exact) mass is 638 g/mol. The first kappa shape index (κ1) is 32.7. The lowest BCUT2D eigenvalue weighted by Gasteiger charge is -2.32. The summed E-state index contributed by atoms with van der Waals surface area (Å²) in [6.45, 7) is 8.08. The summed E-state index contributed by atoms with van der Waals surface area (Å²) in [5, 5.41) is 18.3. The van der Waals surface area contributed by atoms with Crippen molar-refractivity contribution < 1.29 is 37.9 Å². The summed E-state index contributed by atoms with van der Waals surface area (Å²) in [6, 6.07) is 22.3. The Hall–Kier alpha value is -3.86. The zero-order chi connectivity index (χ0) is 31.1. The van der Waals surface area contributed by atoms with Gasteiger partial charge in [-0.15, -0.1) is 0 Å². The molecule has 1 aliphatic heterocycles. The van der Waals surface area contributed by atoms with Gasteiger partial charge in [0.25, 0.3) is 0 Å². The smallest absolute Gasteiger partial charge is 0.494 e. The number of halogens is 3. The van der Waals surface area contributed by atoms with Crippen LogP contribution in [0.4, 0.5) is 8.78 Å². The third kappa shape index (κ3) is 7.91. The molecule has 4 aromatic carbocycles. The van der Waals surface area contributed by atoms with Crippen LogP contribution in [0.2, 0.25) is 0 Å². The summed E-state index contributed by atoms with van der Waals surface area (Å²) in [7, 11) is -0.356. The van der Waals surface area contributed by atoms with Crippen LogP contribution in [0.1, 0.15) is 48.4 Å². The third-order valence-corrected chi connectivity index (χ3v) is 7.47. The number of hydrogen-bond acceptors (Lipinski definition) is 6. The van der Waals surface area contributed by atoms with Gasteiger partial charge in [0.2, 0.25) is 0 Å². The van der Waals surface area contributed by atoms with E-state index < -0.39 is 11.6 Å². The van der Waals surface area contributed by atoms with E-state index in [9.17, 15) is 23.5 Å². The first-order chi connectivity index (χ1) is 19.8. The maximum absolute atomic E-state index is 13.8. The largest absolute Gasteiger partial charge is 0.508 e. The van der Waals surface area contributed by atoms with E-state index >= 15 is 0 Å². The van der Waals surface area contributed by atoms with E-state index in [0.29, 0.717) is 28.2 Å². The first-order valence-electron chi connectivity index (χ1n) is 12.9. The molecule has 10 heteroatoms. The summed E-state index contributed by atoms with van der Waals surface area (Å²) in [4.78, 5) is 20.7. The van der Waals surface area contributed by atoms with Crippen LogP contribution in [0, 0.1) is 11.6 Å². The normalized spacial score (nSPS) is 14.6. The fraction of sp³-hybridized carbons (Fsp3) is 0.188. The number of rotatable bonds is 4. The maximum atomic E-state index is 13.8. The molecule has 0 amide bonds. The van der Waals surface area contributed by atoms with E-state index in [0.717, 1.165) is 5.46 Å². The number of carbonyl (C=O) groups is 2. The standard InChI is InChI=1S/C13H9FO2.C12H17BO3.C7H4BrFO/c14-13-10(8-15)2-1-3-12(13)9-4-6-11(16)7-5-9;1-11(2)12(3,4)16-13(15-11)9-5-7-10(14)8-6-9;8-6-3-1-2-5(4-10)7(6)9/h1-8,16H;5-8,14H,1-4H3;1-4H. The number of aromatic hydroxyl groups is 2. The van der Waals surface area contributed by atoms with E-state index in [2.05, 4.69) is 15.9 Å². The molecule has 0 atom stereocenters. The van der Waals surface area contributed by atoms with Gasteiger partial charge in [-0.1, -0.05) is 42.5 Å². The first-order valence-corrected chi connectivity index (χ1v) is 13.7. The molecule has 2 N–H and O–H groups in total. The second-order valence-corrected chi connectivity index (χ2v) is 11.2. The molecule has 0 spiro atoms. The summed E-state index contributed by atoms with van der Waals surface area (Å²) < 4.78 is 38.6. The molecule has 1 saturated heterocycles. The minimum Gasteiger partial charge on any atom is -0.508 e. The number of aldehydes is 2. The molecule has 1 aliphatic rings. The van der Waals surface area contributed by atoms with Gasteiger partial charge in [-0.3, -0.25) is 9.59 Å². The molecule has 4 aromatic rings. The Morgan fingerprint density at radius 3 is 1.62 bits per heavy atom. The molecule has 0 radical (unpaired) electrons. The van der Waals surface area contributed by atoms with Crippen molar-refractivity contribution in [3.63, 3.8) is 0 Å². The maximum Gasteiger partial charge on any atom is 0.494 e. The van der Waals surface area contributed by atoms with Gasteiger partial charge in [-0.05, 0) is 97.1 Å². The molecule has 0 unspecified atom stereocenters. The van der Waals surface area contributed by atoms with Crippen molar-refractivity contribution in [2.24, 2.45) is 0 Å². The van der Waals surface area contributed by atoms with Crippen molar-refractivity contribution in [1.29, 1.82) is 0 Å². The average molecular weight is 639 g/mol. The number of phenols is 2. The molecule has 1 heterocycles.